The monoisotopic (exact) mass is 426 g/mol. The van der Waals surface area contributed by atoms with E-state index in [-0.39, 0.29) is 10.6 Å². The summed E-state index contributed by atoms with van der Waals surface area (Å²) in [6, 6.07) is 20.2. The molecule has 0 heterocycles. The van der Waals surface area contributed by atoms with Crippen molar-refractivity contribution in [2.75, 3.05) is 16.2 Å². The Morgan fingerprint density at radius 1 is 0.933 bits per heavy atom. The van der Waals surface area contributed by atoms with Gasteiger partial charge in [-0.2, -0.15) is 0 Å². The third kappa shape index (κ3) is 5.04. The van der Waals surface area contributed by atoms with Gasteiger partial charge in [0.25, 0.3) is 10.0 Å². The molecule has 0 aliphatic heterocycles. The highest BCUT2D eigenvalue weighted by Crippen LogP contribution is 2.24. The van der Waals surface area contributed by atoms with Crippen LogP contribution in [0.15, 0.2) is 83.8 Å². The largest absolute Gasteiger partial charge is 0.325 e. The van der Waals surface area contributed by atoms with Crippen LogP contribution in [0.1, 0.15) is 25.3 Å². The van der Waals surface area contributed by atoms with Crippen LogP contribution in [0, 0.1) is 5.82 Å². The summed E-state index contributed by atoms with van der Waals surface area (Å²) in [6.07, 6.45) is 0. The van der Waals surface area contributed by atoms with Crippen LogP contribution in [0.3, 0.4) is 0 Å². The number of nitrogens with zero attached hydrogens (tertiary/aromatic N) is 1. The Hall–Kier alpha value is -3.19. The lowest BCUT2D eigenvalue weighted by atomic mass is 10.0. The number of halogens is 1. The van der Waals surface area contributed by atoms with Gasteiger partial charge < -0.3 is 5.32 Å². The van der Waals surface area contributed by atoms with Crippen LogP contribution in [0.5, 0.6) is 0 Å². The molecular weight excluding hydrogens is 403 g/mol. The molecule has 0 radical (unpaired) electrons. The van der Waals surface area contributed by atoms with E-state index in [1.165, 1.54) is 24.3 Å². The predicted molar refractivity (Wildman–Crippen MR) is 117 cm³/mol. The molecule has 30 heavy (non-hydrogen) atoms. The van der Waals surface area contributed by atoms with Crippen molar-refractivity contribution in [1.82, 2.24) is 0 Å². The molecule has 7 heteroatoms. The summed E-state index contributed by atoms with van der Waals surface area (Å²) in [5, 5.41) is 2.72. The van der Waals surface area contributed by atoms with Crippen LogP contribution in [0.2, 0.25) is 0 Å². The van der Waals surface area contributed by atoms with Crippen molar-refractivity contribution < 1.29 is 17.6 Å². The summed E-state index contributed by atoms with van der Waals surface area (Å²) < 4.78 is 40.7. The molecule has 0 fully saturated rings. The van der Waals surface area contributed by atoms with E-state index < -0.39 is 28.3 Å². The molecule has 3 aromatic carbocycles. The predicted octanol–water partition coefficient (Wildman–Crippen LogP) is 4.78. The maximum absolute atomic E-state index is 13.4. The Morgan fingerprint density at radius 2 is 1.53 bits per heavy atom. The first-order valence-electron chi connectivity index (χ1n) is 9.50. The normalized spacial score (nSPS) is 11.3. The van der Waals surface area contributed by atoms with Gasteiger partial charge in [-0.15, -0.1) is 0 Å². The molecule has 0 atom stereocenters. The van der Waals surface area contributed by atoms with E-state index in [1.54, 1.807) is 30.3 Å². The highest BCUT2D eigenvalue weighted by atomic mass is 32.2. The van der Waals surface area contributed by atoms with E-state index in [1.807, 2.05) is 12.1 Å². The minimum Gasteiger partial charge on any atom is -0.325 e. The molecule has 0 aliphatic rings. The third-order valence-electron chi connectivity index (χ3n) is 4.59. The minimum absolute atomic E-state index is 0.0448. The van der Waals surface area contributed by atoms with Gasteiger partial charge >= 0.3 is 0 Å². The van der Waals surface area contributed by atoms with Gasteiger partial charge in [-0.25, -0.2) is 12.8 Å². The van der Waals surface area contributed by atoms with Crippen molar-refractivity contribution in [1.29, 1.82) is 0 Å². The van der Waals surface area contributed by atoms with Gasteiger partial charge in [0.05, 0.1) is 10.6 Å². The fraction of sp³-hybridized carbons (Fsp3) is 0.174. The van der Waals surface area contributed by atoms with Crippen molar-refractivity contribution in [2.45, 2.75) is 24.7 Å². The number of benzene rings is 3. The Balaban J connectivity index is 1.87. The van der Waals surface area contributed by atoms with E-state index in [4.69, 9.17) is 0 Å². The molecule has 3 aromatic rings. The summed E-state index contributed by atoms with van der Waals surface area (Å²) in [4.78, 5) is 12.7. The maximum atomic E-state index is 13.4. The second kappa shape index (κ2) is 9.09. The average Bonchev–Trinajstić information content (AvgIpc) is 2.74. The summed E-state index contributed by atoms with van der Waals surface area (Å²) in [6.45, 7) is 3.69. The van der Waals surface area contributed by atoms with Gasteiger partial charge in [-0.05, 0) is 60.0 Å². The van der Waals surface area contributed by atoms with Gasteiger partial charge in [0.1, 0.15) is 12.4 Å². The lowest BCUT2D eigenvalue weighted by Crippen LogP contribution is -2.38. The smallest absolute Gasteiger partial charge is 0.264 e. The first-order valence-corrected chi connectivity index (χ1v) is 10.9. The van der Waals surface area contributed by atoms with Gasteiger partial charge in [-0.1, -0.05) is 44.2 Å². The van der Waals surface area contributed by atoms with E-state index in [0.29, 0.717) is 11.6 Å². The summed E-state index contributed by atoms with van der Waals surface area (Å²) in [5.74, 6) is -0.638. The lowest BCUT2D eigenvalue weighted by molar-refractivity contribution is -0.114. The van der Waals surface area contributed by atoms with Crippen molar-refractivity contribution in [3.8, 4) is 0 Å². The molecular formula is C23H23FN2O3S. The molecule has 5 nitrogen and oxygen atoms in total. The zero-order valence-electron chi connectivity index (χ0n) is 16.7. The summed E-state index contributed by atoms with van der Waals surface area (Å²) in [7, 11) is -4.02. The molecule has 1 amide bonds. The maximum Gasteiger partial charge on any atom is 0.264 e. The molecule has 0 unspecified atom stereocenters. The second-order valence-electron chi connectivity index (χ2n) is 7.13. The van der Waals surface area contributed by atoms with Gasteiger partial charge in [-0.3, -0.25) is 9.10 Å². The minimum atomic E-state index is -4.02. The molecule has 0 aliphatic carbocycles. The summed E-state index contributed by atoms with van der Waals surface area (Å²) in [5.41, 5.74) is 1.90. The molecule has 1 N–H and O–H groups in total. The number of amides is 1. The zero-order chi connectivity index (χ0) is 21.7. The molecule has 0 spiro atoms. The van der Waals surface area contributed by atoms with Crippen molar-refractivity contribution in [3.05, 3.63) is 90.2 Å². The fourth-order valence-electron chi connectivity index (χ4n) is 2.92. The van der Waals surface area contributed by atoms with E-state index in [2.05, 4.69) is 19.2 Å². The number of hydrogen-bond acceptors (Lipinski definition) is 3. The van der Waals surface area contributed by atoms with Crippen molar-refractivity contribution >= 4 is 27.3 Å². The standard InChI is InChI=1S/C23H23FN2O3S/c1-17(2)18-8-12-20(13-9-18)25-23(27)16-26(21-14-10-19(24)11-15-21)30(28,29)22-6-4-3-5-7-22/h3-15,17H,16H2,1-2H3,(H,25,27). The van der Waals surface area contributed by atoms with E-state index >= 15 is 0 Å². The number of rotatable bonds is 7. The lowest BCUT2D eigenvalue weighted by Gasteiger charge is -2.24. The van der Waals surface area contributed by atoms with Crippen LogP contribution >= 0.6 is 0 Å². The molecule has 0 aromatic heterocycles. The van der Waals surface area contributed by atoms with Crippen LogP contribution in [0.4, 0.5) is 15.8 Å². The quantitative estimate of drug-likeness (QED) is 0.591. The SMILES string of the molecule is CC(C)c1ccc(NC(=O)CN(c2ccc(F)cc2)S(=O)(=O)c2ccccc2)cc1. The van der Waals surface area contributed by atoms with Gasteiger partial charge in [0, 0.05) is 5.69 Å². The van der Waals surface area contributed by atoms with Crippen LogP contribution in [-0.4, -0.2) is 20.9 Å². The molecule has 0 saturated carbocycles. The highest BCUT2D eigenvalue weighted by molar-refractivity contribution is 7.92. The number of anilines is 2. The van der Waals surface area contributed by atoms with E-state index in [9.17, 15) is 17.6 Å². The van der Waals surface area contributed by atoms with Crippen LogP contribution in [0.25, 0.3) is 0 Å². The number of carbonyl (C=O) groups is 1. The molecule has 3 rings (SSSR count). The zero-order valence-corrected chi connectivity index (χ0v) is 17.6. The number of carbonyl (C=O) groups excluding carboxylic acids is 1. The Kier molecular flexibility index (Phi) is 6.52. The average molecular weight is 427 g/mol. The number of sulfonamides is 1. The summed E-state index contributed by atoms with van der Waals surface area (Å²) >= 11 is 0. The van der Waals surface area contributed by atoms with Crippen LogP contribution in [-0.2, 0) is 14.8 Å². The Bertz CT molecular complexity index is 1100. The molecule has 156 valence electrons. The second-order valence-corrected chi connectivity index (χ2v) is 8.99. The topological polar surface area (TPSA) is 66.5 Å². The Labute approximate surface area is 176 Å². The number of hydrogen-bond donors (Lipinski definition) is 1. The highest BCUT2D eigenvalue weighted by Gasteiger charge is 2.27. The number of nitrogens with one attached hydrogen (secondary N) is 1. The van der Waals surface area contributed by atoms with Crippen molar-refractivity contribution in [3.63, 3.8) is 0 Å². The van der Waals surface area contributed by atoms with Crippen molar-refractivity contribution in [2.24, 2.45) is 0 Å². The Morgan fingerprint density at radius 3 is 2.10 bits per heavy atom. The van der Waals surface area contributed by atoms with E-state index in [0.717, 1.165) is 22.0 Å². The molecule has 0 bridgehead atoms. The first kappa shape index (κ1) is 21.5. The van der Waals surface area contributed by atoms with Gasteiger partial charge in [0.2, 0.25) is 5.91 Å². The third-order valence-corrected chi connectivity index (χ3v) is 6.38. The van der Waals surface area contributed by atoms with Gasteiger partial charge in [0.15, 0.2) is 0 Å². The molecule has 0 saturated heterocycles. The first-order chi connectivity index (χ1) is 14.3. The van der Waals surface area contributed by atoms with Crippen LogP contribution < -0.4 is 9.62 Å². The fourth-order valence-corrected chi connectivity index (χ4v) is 4.37.